The molecule has 1 aliphatic rings. The highest BCUT2D eigenvalue weighted by Crippen LogP contribution is 2.40. The van der Waals surface area contributed by atoms with E-state index in [9.17, 15) is 14.7 Å². The van der Waals surface area contributed by atoms with Crippen LogP contribution in [0.15, 0.2) is 54.7 Å². The van der Waals surface area contributed by atoms with E-state index in [4.69, 9.17) is 5.11 Å². The fourth-order valence-electron chi connectivity index (χ4n) is 4.03. The number of hydrogen-bond acceptors (Lipinski definition) is 5. The summed E-state index contributed by atoms with van der Waals surface area (Å²) in [6.45, 7) is 0.411. The fraction of sp³-hybridized carbons (Fsp3) is 0.292. The molecule has 1 heterocycles. The van der Waals surface area contributed by atoms with Gasteiger partial charge in [-0.3, -0.25) is 0 Å². The van der Waals surface area contributed by atoms with E-state index in [2.05, 4.69) is 20.9 Å². The Kier molecular flexibility index (Phi) is 7.09. The van der Waals surface area contributed by atoms with Crippen molar-refractivity contribution in [2.24, 2.45) is 0 Å². The average molecular weight is 467 g/mol. The number of nitrogens with zero attached hydrogens (tertiary/aromatic N) is 1. The van der Waals surface area contributed by atoms with Crippen LogP contribution in [0.25, 0.3) is 10.4 Å². The van der Waals surface area contributed by atoms with E-state index in [0.717, 1.165) is 41.1 Å². The first-order chi connectivity index (χ1) is 16.0. The summed E-state index contributed by atoms with van der Waals surface area (Å²) in [5.74, 6) is 0.368. The highest BCUT2D eigenvalue weighted by atomic mass is 32.1. The van der Waals surface area contributed by atoms with Gasteiger partial charge in [0.1, 0.15) is 5.75 Å². The number of phenols is 1. The maximum Gasteiger partial charge on any atom is 0.404 e. The topological polar surface area (TPSA) is 124 Å². The second kappa shape index (κ2) is 10.4. The molecule has 0 spiro atoms. The minimum Gasteiger partial charge on any atom is -0.507 e. The molecular formula is C24H26N4O4S. The molecule has 2 aromatic carbocycles. The summed E-state index contributed by atoms with van der Waals surface area (Å²) in [5.41, 5.74) is 2.16. The molecule has 3 aromatic rings. The van der Waals surface area contributed by atoms with Gasteiger partial charge < -0.3 is 26.2 Å². The summed E-state index contributed by atoms with van der Waals surface area (Å²) in [7, 11) is 0. The molecule has 1 saturated carbocycles. The van der Waals surface area contributed by atoms with E-state index in [0.29, 0.717) is 23.7 Å². The van der Waals surface area contributed by atoms with Gasteiger partial charge in [-0.2, -0.15) is 0 Å². The number of anilines is 1. The van der Waals surface area contributed by atoms with Gasteiger partial charge in [-0.25, -0.2) is 14.6 Å². The fourth-order valence-corrected chi connectivity index (χ4v) is 5.15. The van der Waals surface area contributed by atoms with Crippen LogP contribution in [0.1, 0.15) is 42.2 Å². The number of benzene rings is 2. The molecule has 1 aliphatic carbocycles. The third kappa shape index (κ3) is 6.01. The van der Waals surface area contributed by atoms with Crippen LogP contribution >= 0.6 is 11.3 Å². The van der Waals surface area contributed by atoms with Crippen LogP contribution in [-0.4, -0.2) is 33.4 Å². The predicted molar refractivity (Wildman–Crippen MR) is 128 cm³/mol. The summed E-state index contributed by atoms with van der Waals surface area (Å²) >= 11 is 1.54. The number of phenolic OH excluding ortho intramolecular Hbond substituents is 1. The number of carbonyl (C=O) groups is 2. The average Bonchev–Trinajstić information content (AvgIpc) is 3.28. The SMILES string of the molecule is O=C(NCc1ccccc1)Nc1ccc(-c2cnc([C@H]3CC[C@H](NC(=O)O)CC3)s2)c(O)c1. The maximum absolute atomic E-state index is 12.2. The lowest BCUT2D eigenvalue weighted by atomic mass is 9.86. The van der Waals surface area contributed by atoms with Crippen LogP contribution < -0.4 is 16.0 Å². The maximum atomic E-state index is 12.2. The number of rotatable bonds is 6. The van der Waals surface area contributed by atoms with Crippen LogP contribution in [0.5, 0.6) is 5.75 Å². The van der Waals surface area contributed by atoms with Gasteiger partial charge in [0.05, 0.1) is 9.88 Å². The molecule has 0 bridgehead atoms. The Morgan fingerprint density at radius 2 is 1.82 bits per heavy atom. The summed E-state index contributed by atoms with van der Waals surface area (Å²) < 4.78 is 0. The number of urea groups is 1. The van der Waals surface area contributed by atoms with Crippen molar-refractivity contribution in [1.82, 2.24) is 15.6 Å². The van der Waals surface area contributed by atoms with E-state index < -0.39 is 6.09 Å². The molecule has 0 saturated heterocycles. The Balaban J connectivity index is 1.34. The van der Waals surface area contributed by atoms with Crippen molar-refractivity contribution in [2.75, 3.05) is 5.32 Å². The number of thiazole rings is 1. The van der Waals surface area contributed by atoms with Gasteiger partial charge in [0, 0.05) is 42.0 Å². The van der Waals surface area contributed by atoms with Crippen molar-refractivity contribution < 1.29 is 19.8 Å². The second-order valence-electron chi connectivity index (χ2n) is 8.09. The zero-order valence-corrected chi connectivity index (χ0v) is 18.8. The van der Waals surface area contributed by atoms with Crippen molar-refractivity contribution in [2.45, 2.75) is 44.2 Å². The molecule has 0 radical (unpaired) electrons. The Morgan fingerprint density at radius 1 is 1.06 bits per heavy atom. The molecule has 5 N–H and O–H groups in total. The predicted octanol–water partition coefficient (Wildman–Crippen LogP) is 5.13. The summed E-state index contributed by atoms with van der Waals surface area (Å²) in [4.78, 5) is 28.4. The number of carbonyl (C=O) groups excluding carboxylic acids is 1. The summed E-state index contributed by atoms with van der Waals surface area (Å²) in [5, 5.41) is 28.5. The smallest absolute Gasteiger partial charge is 0.404 e. The number of nitrogens with one attached hydrogen (secondary N) is 3. The van der Waals surface area contributed by atoms with Crippen molar-refractivity contribution in [3.05, 3.63) is 65.3 Å². The molecule has 33 heavy (non-hydrogen) atoms. The zero-order chi connectivity index (χ0) is 23.2. The highest BCUT2D eigenvalue weighted by Gasteiger charge is 2.25. The summed E-state index contributed by atoms with van der Waals surface area (Å²) in [6, 6.07) is 14.3. The molecule has 3 amide bonds. The first-order valence-electron chi connectivity index (χ1n) is 10.9. The third-order valence-corrected chi connectivity index (χ3v) is 6.94. The van der Waals surface area contributed by atoms with Gasteiger partial charge in [-0.05, 0) is 43.4 Å². The third-order valence-electron chi connectivity index (χ3n) is 5.74. The van der Waals surface area contributed by atoms with Gasteiger partial charge in [-0.1, -0.05) is 30.3 Å². The molecule has 0 atom stereocenters. The minimum absolute atomic E-state index is 0.00663. The second-order valence-corrected chi connectivity index (χ2v) is 9.15. The van der Waals surface area contributed by atoms with E-state index in [-0.39, 0.29) is 17.8 Å². The molecule has 172 valence electrons. The van der Waals surface area contributed by atoms with E-state index in [1.807, 2.05) is 30.3 Å². The Bertz CT molecular complexity index is 1110. The molecule has 8 nitrogen and oxygen atoms in total. The zero-order valence-electron chi connectivity index (χ0n) is 18.0. The summed E-state index contributed by atoms with van der Waals surface area (Å²) in [6.07, 6.45) is 4.14. The first-order valence-corrected chi connectivity index (χ1v) is 11.7. The molecule has 4 rings (SSSR count). The van der Waals surface area contributed by atoms with E-state index in [1.54, 1.807) is 18.3 Å². The van der Waals surface area contributed by atoms with Crippen LogP contribution in [0.2, 0.25) is 0 Å². The van der Waals surface area contributed by atoms with Gasteiger partial charge in [0.25, 0.3) is 0 Å². The van der Waals surface area contributed by atoms with Crippen LogP contribution in [0, 0.1) is 0 Å². The number of aromatic hydroxyl groups is 1. The molecule has 1 aromatic heterocycles. The van der Waals surface area contributed by atoms with Crippen molar-refractivity contribution in [3.63, 3.8) is 0 Å². The highest BCUT2D eigenvalue weighted by molar-refractivity contribution is 7.15. The molecule has 1 fully saturated rings. The Labute approximate surface area is 195 Å². The standard InChI is InChI=1S/C24H26N4O4S/c29-20-12-18(27-23(30)26-13-15-4-2-1-3-5-15)10-11-19(20)21-14-25-22(33-21)16-6-8-17(9-7-16)28-24(31)32/h1-5,10-12,14,16-17,28-29H,6-9,13H2,(H,31,32)(H2,26,27,30)/t16-,17-. The van der Waals surface area contributed by atoms with Gasteiger partial charge in [0.2, 0.25) is 0 Å². The minimum atomic E-state index is -0.975. The number of amides is 3. The van der Waals surface area contributed by atoms with Crippen LogP contribution in [0.3, 0.4) is 0 Å². The lowest BCUT2D eigenvalue weighted by molar-refractivity contribution is 0.185. The van der Waals surface area contributed by atoms with Crippen LogP contribution in [-0.2, 0) is 6.54 Å². The molecule has 0 aliphatic heterocycles. The van der Waals surface area contributed by atoms with Gasteiger partial charge in [0.15, 0.2) is 0 Å². The first kappa shape index (κ1) is 22.6. The quantitative estimate of drug-likeness (QED) is 0.344. The molecule has 0 unspecified atom stereocenters. The molecular weight excluding hydrogens is 440 g/mol. The lowest BCUT2D eigenvalue weighted by Gasteiger charge is -2.26. The normalized spacial score (nSPS) is 17.8. The van der Waals surface area contributed by atoms with Crippen molar-refractivity contribution >= 4 is 29.1 Å². The number of carboxylic acid groups (broad SMARTS) is 1. The lowest BCUT2D eigenvalue weighted by Crippen LogP contribution is -2.36. The number of aromatic nitrogens is 1. The van der Waals surface area contributed by atoms with E-state index in [1.165, 1.54) is 17.4 Å². The Morgan fingerprint density at radius 3 is 2.52 bits per heavy atom. The Hall–Kier alpha value is -3.59. The largest absolute Gasteiger partial charge is 0.507 e. The molecule has 9 heteroatoms. The van der Waals surface area contributed by atoms with Crippen molar-refractivity contribution in [1.29, 1.82) is 0 Å². The van der Waals surface area contributed by atoms with Gasteiger partial charge >= 0.3 is 12.1 Å². The van der Waals surface area contributed by atoms with Crippen molar-refractivity contribution in [3.8, 4) is 16.2 Å². The van der Waals surface area contributed by atoms with Crippen LogP contribution in [0.4, 0.5) is 15.3 Å². The number of hydrogen-bond donors (Lipinski definition) is 5. The van der Waals surface area contributed by atoms with E-state index >= 15 is 0 Å². The van der Waals surface area contributed by atoms with Gasteiger partial charge in [-0.15, -0.1) is 11.3 Å². The monoisotopic (exact) mass is 466 g/mol.